The van der Waals surface area contributed by atoms with Gasteiger partial charge in [-0.15, -0.1) is 0 Å². The number of halogens is 3. The number of rotatable bonds is 2. The number of alkyl halides is 3. The topological polar surface area (TPSA) is 26.3 Å². The van der Waals surface area contributed by atoms with Gasteiger partial charge in [-0.3, -0.25) is 4.79 Å². The summed E-state index contributed by atoms with van der Waals surface area (Å²) in [4.78, 5) is 9.13. The third kappa shape index (κ3) is 11.7. The summed E-state index contributed by atoms with van der Waals surface area (Å²) in [6, 6.07) is 0. The zero-order valence-electron chi connectivity index (χ0n) is 4.73. The molecule has 0 atom stereocenters. The first-order chi connectivity index (χ1) is 3.56. The molecule has 0 rings (SSSR count). The van der Waals surface area contributed by atoms with E-state index in [9.17, 15) is 13.2 Å². The summed E-state index contributed by atoms with van der Waals surface area (Å²) in [5.74, 6) is 0. The van der Waals surface area contributed by atoms with Gasteiger partial charge in [-0.05, 0) is 0 Å². The van der Waals surface area contributed by atoms with Gasteiger partial charge in [-0.2, -0.15) is 13.2 Å². The van der Waals surface area contributed by atoms with Crippen LogP contribution in [0.4, 0.5) is 13.2 Å². The Morgan fingerprint density at radius 3 is 2.00 bits per heavy atom. The Kier molecular flexibility index (Phi) is 6.76. The van der Waals surface area contributed by atoms with E-state index in [1.807, 2.05) is 0 Å². The van der Waals surface area contributed by atoms with Gasteiger partial charge in [0.1, 0.15) is 0 Å². The molecule has 49 valence electrons. The van der Waals surface area contributed by atoms with E-state index < -0.39 is 12.8 Å². The Hall–Kier alpha value is 0.260. The maximum atomic E-state index is 11.0. The van der Waals surface area contributed by atoms with E-state index in [1.165, 1.54) is 0 Å². The van der Waals surface area contributed by atoms with Crippen LogP contribution >= 0.6 is 0 Å². The Balaban J connectivity index is 0. The van der Waals surface area contributed by atoms with E-state index in [4.69, 9.17) is 4.79 Å². The zero-order valence-corrected chi connectivity index (χ0v) is 6.73. The van der Waals surface area contributed by atoms with Crippen molar-refractivity contribution in [3.05, 3.63) is 0 Å². The van der Waals surface area contributed by atoms with Gasteiger partial charge in [0.2, 0.25) is 0 Å². The SMILES string of the molecule is O=COCC(F)(F)F.[Na]. The van der Waals surface area contributed by atoms with Crippen molar-refractivity contribution < 1.29 is 22.7 Å². The molecule has 1 radical (unpaired) electrons. The molecule has 0 unspecified atom stereocenters. The molecular weight excluding hydrogens is 148 g/mol. The molecule has 9 heavy (non-hydrogen) atoms. The van der Waals surface area contributed by atoms with Gasteiger partial charge in [-0.25, -0.2) is 0 Å². The molecule has 0 saturated carbocycles. The fraction of sp³-hybridized carbons (Fsp3) is 0.667. The molecule has 0 aliphatic rings. The monoisotopic (exact) mass is 151 g/mol. The van der Waals surface area contributed by atoms with Gasteiger partial charge < -0.3 is 4.74 Å². The molecule has 0 spiro atoms. The third-order valence-corrected chi connectivity index (χ3v) is 0.315. The summed E-state index contributed by atoms with van der Waals surface area (Å²) in [5.41, 5.74) is 0. The van der Waals surface area contributed by atoms with Crippen LogP contribution < -0.4 is 0 Å². The van der Waals surface area contributed by atoms with Crippen molar-refractivity contribution in [1.29, 1.82) is 0 Å². The molecule has 0 aromatic carbocycles. The number of carbonyl (C=O) groups excluding carboxylic acids is 1. The molecule has 0 amide bonds. The molecule has 0 aromatic rings. The number of ether oxygens (including phenoxy) is 1. The van der Waals surface area contributed by atoms with Gasteiger partial charge >= 0.3 is 6.18 Å². The fourth-order valence-corrected chi connectivity index (χ4v) is 0.129. The molecule has 0 aliphatic heterocycles. The van der Waals surface area contributed by atoms with Gasteiger partial charge in [0, 0.05) is 29.6 Å². The second-order valence-corrected chi connectivity index (χ2v) is 1.02. The molecule has 0 saturated heterocycles. The van der Waals surface area contributed by atoms with E-state index in [2.05, 4.69) is 4.74 Å². The minimum Gasteiger partial charge on any atom is -0.458 e. The van der Waals surface area contributed by atoms with Crippen molar-refractivity contribution in [2.75, 3.05) is 6.61 Å². The van der Waals surface area contributed by atoms with E-state index in [-0.39, 0.29) is 36.0 Å². The standard InChI is InChI=1S/C3H3F3O2.Na/c4-3(5,6)1-8-2-7;/h2H,1H2;. The van der Waals surface area contributed by atoms with Crippen molar-refractivity contribution in [3.63, 3.8) is 0 Å². The first kappa shape index (κ1) is 12.0. The predicted molar refractivity (Wildman–Crippen MR) is 23.8 cm³/mol. The quantitative estimate of drug-likeness (QED) is 0.420. The Morgan fingerprint density at radius 1 is 1.44 bits per heavy atom. The predicted octanol–water partition coefficient (Wildman–Crippen LogP) is 0.341. The van der Waals surface area contributed by atoms with Crippen LogP contribution in [-0.4, -0.2) is 48.8 Å². The third-order valence-electron chi connectivity index (χ3n) is 0.315. The average molecular weight is 151 g/mol. The average Bonchev–Trinajstić information content (AvgIpc) is 1.59. The van der Waals surface area contributed by atoms with Crippen LogP contribution in [0, 0.1) is 0 Å². The van der Waals surface area contributed by atoms with Gasteiger partial charge in [-0.1, -0.05) is 0 Å². The van der Waals surface area contributed by atoms with E-state index >= 15 is 0 Å². The normalized spacial score (nSPS) is 9.67. The summed E-state index contributed by atoms with van der Waals surface area (Å²) in [6.07, 6.45) is -4.40. The molecule has 0 aromatic heterocycles. The van der Waals surface area contributed by atoms with Crippen molar-refractivity contribution >= 4 is 36.0 Å². The molecule has 0 heterocycles. The van der Waals surface area contributed by atoms with Crippen LogP contribution in [0.2, 0.25) is 0 Å². The van der Waals surface area contributed by atoms with E-state index in [1.54, 1.807) is 0 Å². The fourth-order valence-electron chi connectivity index (χ4n) is 0.129. The summed E-state index contributed by atoms with van der Waals surface area (Å²) >= 11 is 0. The Bertz CT molecular complexity index is 81.6. The molecule has 0 N–H and O–H groups in total. The van der Waals surface area contributed by atoms with Crippen molar-refractivity contribution in [2.24, 2.45) is 0 Å². The molecular formula is C3H3F3NaO2. The molecule has 0 aliphatic carbocycles. The van der Waals surface area contributed by atoms with Crippen LogP contribution in [-0.2, 0) is 9.53 Å². The van der Waals surface area contributed by atoms with Gasteiger partial charge in [0.15, 0.2) is 6.61 Å². The smallest absolute Gasteiger partial charge is 0.422 e. The largest absolute Gasteiger partial charge is 0.458 e. The number of hydrogen-bond acceptors (Lipinski definition) is 2. The second-order valence-electron chi connectivity index (χ2n) is 1.02. The van der Waals surface area contributed by atoms with Crippen LogP contribution in [0.1, 0.15) is 0 Å². The van der Waals surface area contributed by atoms with E-state index in [0.717, 1.165) is 0 Å². The minimum absolute atomic E-state index is 0. The van der Waals surface area contributed by atoms with Crippen LogP contribution in [0.5, 0.6) is 0 Å². The Morgan fingerprint density at radius 2 is 1.89 bits per heavy atom. The van der Waals surface area contributed by atoms with Crippen molar-refractivity contribution in [3.8, 4) is 0 Å². The zero-order chi connectivity index (χ0) is 6.62. The second kappa shape index (κ2) is 5.08. The summed E-state index contributed by atoms with van der Waals surface area (Å²) < 4.78 is 36.3. The minimum atomic E-state index is -4.40. The maximum absolute atomic E-state index is 11.0. The van der Waals surface area contributed by atoms with Crippen LogP contribution in [0.15, 0.2) is 0 Å². The van der Waals surface area contributed by atoms with Crippen molar-refractivity contribution in [1.82, 2.24) is 0 Å². The number of carbonyl (C=O) groups is 1. The van der Waals surface area contributed by atoms with Gasteiger partial charge in [0.05, 0.1) is 0 Å². The molecule has 2 nitrogen and oxygen atoms in total. The van der Waals surface area contributed by atoms with E-state index in [0.29, 0.717) is 0 Å². The first-order valence-electron chi connectivity index (χ1n) is 1.68. The maximum Gasteiger partial charge on any atom is 0.422 e. The first-order valence-corrected chi connectivity index (χ1v) is 1.68. The van der Waals surface area contributed by atoms with Crippen LogP contribution in [0.25, 0.3) is 0 Å². The summed E-state index contributed by atoms with van der Waals surface area (Å²) in [7, 11) is 0. The van der Waals surface area contributed by atoms with Crippen LogP contribution in [0.3, 0.4) is 0 Å². The molecule has 0 fully saturated rings. The van der Waals surface area contributed by atoms with Crippen molar-refractivity contribution in [2.45, 2.75) is 6.18 Å². The van der Waals surface area contributed by atoms with Gasteiger partial charge in [0.25, 0.3) is 6.47 Å². The Labute approximate surface area is 71.7 Å². The number of hydrogen-bond donors (Lipinski definition) is 0. The molecule has 6 heteroatoms. The molecule has 0 bridgehead atoms. The summed E-state index contributed by atoms with van der Waals surface area (Å²) in [5, 5.41) is 0. The summed E-state index contributed by atoms with van der Waals surface area (Å²) in [6.45, 7) is -1.75.